The summed E-state index contributed by atoms with van der Waals surface area (Å²) in [4.78, 5) is 17.9. The number of thioether (sulfide) groups is 1. The summed E-state index contributed by atoms with van der Waals surface area (Å²) < 4.78 is 5.79. The van der Waals surface area contributed by atoms with Gasteiger partial charge in [-0.3, -0.25) is 4.79 Å². The zero-order chi connectivity index (χ0) is 18.7. The number of rotatable bonds is 6. The van der Waals surface area contributed by atoms with Crippen LogP contribution in [0.15, 0.2) is 47.4 Å². The van der Waals surface area contributed by atoms with Crippen LogP contribution in [0.25, 0.3) is 0 Å². The van der Waals surface area contributed by atoms with Gasteiger partial charge in [-0.2, -0.15) is 0 Å². The van der Waals surface area contributed by atoms with E-state index in [0.29, 0.717) is 6.61 Å². The second kappa shape index (κ2) is 8.14. The first-order valence-electron chi connectivity index (χ1n) is 8.88. The smallest absolute Gasteiger partial charge is 0.244 e. The van der Waals surface area contributed by atoms with E-state index in [1.807, 2.05) is 43.4 Å². The molecule has 0 spiro atoms. The SMILES string of the molecule is Cc1ccc2c(c1)SC(c1ccc(OCCCN(C)C)cc1)C(=O)N2C. The van der Waals surface area contributed by atoms with E-state index in [0.717, 1.165) is 34.9 Å². The van der Waals surface area contributed by atoms with E-state index in [-0.39, 0.29) is 11.2 Å². The summed E-state index contributed by atoms with van der Waals surface area (Å²) in [5.74, 6) is 0.969. The fourth-order valence-corrected chi connectivity index (χ4v) is 4.37. The maximum absolute atomic E-state index is 12.8. The van der Waals surface area contributed by atoms with Crippen molar-refractivity contribution in [2.24, 2.45) is 0 Å². The van der Waals surface area contributed by atoms with Crippen molar-refractivity contribution >= 4 is 23.4 Å². The molecule has 1 aliphatic heterocycles. The van der Waals surface area contributed by atoms with Crippen LogP contribution in [0.4, 0.5) is 5.69 Å². The topological polar surface area (TPSA) is 32.8 Å². The maximum atomic E-state index is 12.8. The Hall–Kier alpha value is -1.98. The van der Waals surface area contributed by atoms with Crippen LogP contribution in [-0.4, -0.2) is 45.1 Å². The predicted molar refractivity (Wildman–Crippen MR) is 108 cm³/mol. The third-order valence-corrected chi connectivity index (χ3v) is 5.77. The molecule has 1 heterocycles. The molecular formula is C21H26N2O2S. The quantitative estimate of drug-likeness (QED) is 0.716. The Morgan fingerprint density at radius 1 is 1.15 bits per heavy atom. The van der Waals surface area contributed by atoms with Gasteiger partial charge in [-0.05, 0) is 62.8 Å². The molecular weight excluding hydrogens is 344 g/mol. The molecule has 1 aliphatic rings. The second-order valence-electron chi connectivity index (χ2n) is 6.94. The molecule has 26 heavy (non-hydrogen) atoms. The van der Waals surface area contributed by atoms with Crippen molar-refractivity contribution in [3.8, 4) is 5.75 Å². The van der Waals surface area contributed by atoms with Crippen molar-refractivity contribution in [3.63, 3.8) is 0 Å². The average molecular weight is 371 g/mol. The van der Waals surface area contributed by atoms with Crippen LogP contribution in [0.2, 0.25) is 0 Å². The number of likely N-dealkylation sites (N-methyl/N-ethyl adjacent to an activating group) is 1. The third-order valence-electron chi connectivity index (χ3n) is 4.48. The number of hydrogen-bond acceptors (Lipinski definition) is 4. The molecule has 0 saturated heterocycles. The lowest BCUT2D eigenvalue weighted by molar-refractivity contribution is -0.118. The van der Waals surface area contributed by atoms with Gasteiger partial charge in [-0.15, -0.1) is 11.8 Å². The monoisotopic (exact) mass is 370 g/mol. The highest BCUT2D eigenvalue weighted by Crippen LogP contribution is 2.46. The number of benzene rings is 2. The molecule has 4 nitrogen and oxygen atoms in total. The van der Waals surface area contributed by atoms with E-state index in [4.69, 9.17) is 4.74 Å². The van der Waals surface area contributed by atoms with Crippen LogP contribution in [0, 0.1) is 6.92 Å². The number of hydrogen-bond donors (Lipinski definition) is 0. The molecule has 5 heteroatoms. The molecule has 0 aliphatic carbocycles. The number of fused-ring (bicyclic) bond motifs is 1. The Bertz CT molecular complexity index is 774. The Morgan fingerprint density at radius 3 is 2.58 bits per heavy atom. The fourth-order valence-electron chi connectivity index (χ4n) is 2.99. The number of aryl methyl sites for hydroxylation is 1. The summed E-state index contributed by atoms with van der Waals surface area (Å²) in [7, 11) is 5.97. The fraction of sp³-hybridized carbons (Fsp3) is 0.381. The van der Waals surface area contributed by atoms with Crippen molar-refractivity contribution in [1.82, 2.24) is 4.90 Å². The van der Waals surface area contributed by atoms with Crippen LogP contribution < -0.4 is 9.64 Å². The molecule has 138 valence electrons. The highest BCUT2D eigenvalue weighted by Gasteiger charge is 2.32. The van der Waals surface area contributed by atoms with Crippen LogP contribution in [0.5, 0.6) is 5.75 Å². The zero-order valence-corrected chi connectivity index (χ0v) is 16.7. The Morgan fingerprint density at radius 2 is 1.88 bits per heavy atom. The van der Waals surface area contributed by atoms with Gasteiger partial charge in [0.25, 0.3) is 0 Å². The number of ether oxygens (including phenoxy) is 1. The molecule has 2 aromatic rings. The Kier molecular flexibility index (Phi) is 5.89. The van der Waals surface area contributed by atoms with E-state index in [1.54, 1.807) is 16.7 Å². The highest BCUT2D eigenvalue weighted by molar-refractivity contribution is 8.00. The van der Waals surface area contributed by atoms with E-state index >= 15 is 0 Å². The van der Waals surface area contributed by atoms with E-state index in [1.165, 1.54) is 5.56 Å². The van der Waals surface area contributed by atoms with Gasteiger partial charge in [-0.25, -0.2) is 0 Å². The molecule has 1 amide bonds. The minimum absolute atomic E-state index is 0.117. The average Bonchev–Trinajstić information content (AvgIpc) is 2.62. The van der Waals surface area contributed by atoms with E-state index < -0.39 is 0 Å². The summed E-state index contributed by atoms with van der Waals surface area (Å²) >= 11 is 1.63. The van der Waals surface area contributed by atoms with Crippen LogP contribution in [0.3, 0.4) is 0 Å². The molecule has 0 saturated carbocycles. The van der Waals surface area contributed by atoms with Crippen molar-refractivity contribution in [2.75, 3.05) is 39.2 Å². The van der Waals surface area contributed by atoms with Crippen molar-refractivity contribution < 1.29 is 9.53 Å². The molecule has 2 aromatic carbocycles. The lowest BCUT2D eigenvalue weighted by Gasteiger charge is -2.31. The minimum Gasteiger partial charge on any atom is -0.494 e. The summed E-state index contributed by atoms with van der Waals surface area (Å²) in [6, 6.07) is 14.2. The van der Waals surface area contributed by atoms with Gasteiger partial charge in [0.15, 0.2) is 0 Å². The van der Waals surface area contributed by atoms with E-state index in [2.05, 4.69) is 32.0 Å². The largest absolute Gasteiger partial charge is 0.494 e. The second-order valence-corrected chi connectivity index (χ2v) is 8.09. The zero-order valence-electron chi connectivity index (χ0n) is 15.9. The summed E-state index contributed by atoms with van der Waals surface area (Å²) in [6.45, 7) is 3.79. The lowest BCUT2D eigenvalue weighted by Crippen LogP contribution is -2.33. The van der Waals surface area contributed by atoms with Gasteiger partial charge in [0.1, 0.15) is 11.0 Å². The Labute approximate surface area is 160 Å². The molecule has 1 atom stereocenters. The highest BCUT2D eigenvalue weighted by atomic mass is 32.2. The number of nitrogens with zero attached hydrogens (tertiary/aromatic N) is 2. The van der Waals surface area contributed by atoms with Gasteiger partial charge in [0.05, 0.1) is 12.3 Å². The molecule has 1 unspecified atom stereocenters. The molecule has 3 rings (SSSR count). The predicted octanol–water partition coefficient (Wildman–Crippen LogP) is 4.14. The maximum Gasteiger partial charge on any atom is 0.244 e. The standard InChI is InChI=1S/C21H26N2O2S/c1-15-6-11-18-19(14-15)26-20(21(24)23(18)4)16-7-9-17(10-8-16)25-13-5-12-22(2)3/h6-11,14,20H,5,12-13H2,1-4H3. The summed E-state index contributed by atoms with van der Waals surface area (Å²) in [6.07, 6.45) is 0.993. The molecule has 0 radical (unpaired) electrons. The first-order chi connectivity index (χ1) is 12.5. The first-order valence-corrected chi connectivity index (χ1v) is 9.76. The summed E-state index contributed by atoms with van der Waals surface area (Å²) in [5, 5.41) is -0.211. The van der Waals surface area contributed by atoms with Gasteiger partial charge < -0.3 is 14.5 Å². The number of anilines is 1. The van der Waals surface area contributed by atoms with Crippen molar-refractivity contribution in [1.29, 1.82) is 0 Å². The number of carbonyl (C=O) groups excluding carboxylic acids is 1. The molecule has 0 N–H and O–H groups in total. The molecule has 0 fully saturated rings. The van der Waals surface area contributed by atoms with Crippen molar-refractivity contribution in [2.45, 2.75) is 23.5 Å². The number of carbonyl (C=O) groups is 1. The first kappa shape index (κ1) is 18.8. The van der Waals surface area contributed by atoms with Gasteiger partial charge in [0, 0.05) is 18.5 Å². The van der Waals surface area contributed by atoms with Crippen LogP contribution in [-0.2, 0) is 4.79 Å². The van der Waals surface area contributed by atoms with Crippen molar-refractivity contribution in [3.05, 3.63) is 53.6 Å². The van der Waals surface area contributed by atoms with Gasteiger partial charge in [-0.1, -0.05) is 18.2 Å². The lowest BCUT2D eigenvalue weighted by atomic mass is 10.1. The third kappa shape index (κ3) is 4.22. The van der Waals surface area contributed by atoms with Crippen LogP contribution >= 0.6 is 11.8 Å². The Balaban J connectivity index is 1.70. The summed E-state index contributed by atoms with van der Waals surface area (Å²) in [5.41, 5.74) is 3.21. The van der Waals surface area contributed by atoms with Gasteiger partial charge >= 0.3 is 0 Å². The molecule has 0 aromatic heterocycles. The van der Waals surface area contributed by atoms with Crippen LogP contribution in [0.1, 0.15) is 22.8 Å². The molecule has 0 bridgehead atoms. The van der Waals surface area contributed by atoms with E-state index in [9.17, 15) is 4.79 Å². The number of amides is 1. The minimum atomic E-state index is -0.211. The van der Waals surface area contributed by atoms with Gasteiger partial charge in [0.2, 0.25) is 5.91 Å². The normalized spacial score (nSPS) is 16.7.